The van der Waals surface area contributed by atoms with Crippen LogP contribution in [0.4, 0.5) is 10.5 Å². The molecule has 2 N–H and O–H groups in total. The number of benzene rings is 3. The Kier molecular flexibility index (Phi) is 13.5. The van der Waals surface area contributed by atoms with Crippen LogP contribution in [0.15, 0.2) is 66.7 Å². The van der Waals surface area contributed by atoms with Crippen molar-refractivity contribution in [3.05, 3.63) is 82.3 Å². The first-order valence-corrected chi connectivity index (χ1v) is 16.3. The van der Waals surface area contributed by atoms with Gasteiger partial charge in [0.1, 0.15) is 6.10 Å². The monoisotopic (exact) mass is 625 g/mol. The standard InChI is InChI=1S/C35H45Cl2N3O3/c1-39(26-27-24-31(36)34(41)32(37)25-27)20-12-5-3-2-4-6-13-21-40-22-18-29(19-23-40)43-35(42)38-33-17-11-10-16-30(33)28-14-8-7-9-15-28/h7-11,14-17,24-25,29,41H,2-6,12-13,18-23,26H2,1H3,(H,38,42). The number of carbonyl (C=O) groups is 1. The van der Waals surface area contributed by atoms with E-state index in [0.717, 1.165) is 67.9 Å². The molecule has 232 valence electrons. The summed E-state index contributed by atoms with van der Waals surface area (Å²) in [6, 6.07) is 21.5. The van der Waals surface area contributed by atoms with Crippen LogP contribution in [0.2, 0.25) is 10.0 Å². The van der Waals surface area contributed by atoms with Crippen molar-refractivity contribution in [1.82, 2.24) is 9.80 Å². The molecule has 0 bridgehead atoms. The van der Waals surface area contributed by atoms with Crippen LogP contribution in [0.25, 0.3) is 11.1 Å². The van der Waals surface area contributed by atoms with Gasteiger partial charge >= 0.3 is 6.09 Å². The van der Waals surface area contributed by atoms with Gasteiger partial charge in [0.15, 0.2) is 5.75 Å². The molecule has 1 amide bonds. The highest BCUT2D eigenvalue weighted by atomic mass is 35.5. The van der Waals surface area contributed by atoms with E-state index in [1.54, 1.807) is 12.1 Å². The lowest BCUT2D eigenvalue weighted by Crippen LogP contribution is -2.38. The molecule has 0 atom stereocenters. The summed E-state index contributed by atoms with van der Waals surface area (Å²) >= 11 is 12.1. The second kappa shape index (κ2) is 17.5. The fourth-order valence-corrected chi connectivity index (χ4v) is 6.24. The summed E-state index contributed by atoms with van der Waals surface area (Å²) in [6.45, 7) is 4.88. The first-order chi connectivity index (χ1) is 20.9. The SMILES string of the molecule is CN(CCCCCCCCCN1CCC(OC(=O)Nc2ccccc2-c2ccccc2)CC1)Cc1cc(Cl)c(O)c(Cl)c1. The highest BCUT2D eigenvalue weighted by Gasteiger charge is 2.22. The van der Waals surface area contributed by atoms with Gasteiger partial charge in [-0.05, 0) is 75.1 Å². The zero-order chi connectivity index (χ0) is 30.4. The van der Waals surface area contributed by atoms with Gasteiger partial charge in [0.25, 0.3) is 0 Å². The molecule has 0 spiro atoms. The molecule has 6 nitrogen and oxygen atoms in total. The van der Waals surface area contributed by atoms with E-state index >= 15 is 0 Å². The van der Waals surface area contributed by atoms with E-state index in [0.29, 0.717) is 10.0 Å². The third-order valence-electron chi connectivity index (χ3n) is 8.10. The quantitative estimate of drug-likeness (QED) is 0.165. The zero-order valence-corrected chi connectivity index (χ0v) is 26.8. The zero-order valence-electron chi connectivity index (χ0n) is 25.2. The Morgan fingerprint density at radius 2 is 1.51 bits per heavy atom. The molecule has 43 heavy (non-hydrogen) atoms. The third-order valence-corrected chi connectivity index (χ3v) is 8.68. The average molecular weight is 627 g/mol. The van der Waals surface area contributed by atoms with Crippen molar-refractivity contribution in [2.75, 3.05) is 38.5 Å². The molecule has 3 aromatic rings. The molecule has 0 aliphatic carbocycles. The molecular weight excluding hydrogens is 581 g/mol. The van der Waals surface area contributed by atoms with Crippen LogP contribution in [0.5, 0.6) is 5.75 Å². The van der Waals surface area contributed by atoms with Crippen LogP contribution in [0.1, 0.15) is 63.4 Å². The van der Waals surface area contributed by atoms with Gasteiger partial charge in [-0.25, -0.2) is 4.79 Å². The minimum atomic E-state index is -0.374. The number of aromatic hydroxyl groups is 1. The van der Waals surface area contributed by atoms with E-state index in [-0.39, 0.29) is 17.9 Å². The molecule has 8 heteroatoms. The number of nitrogens with zero attached hydrogens (tertiary/aromatic N) is 2. The van der Waals surface area contributed by atoms with E-state index in [2.05, 4.69) is 22.2 Å². The number of anilines is 1. The van der Waals surface area contributed by atoms with Crippen molar-refractivity contribution in [1.29, 1.82) is 0 Å². The Morgan fingerprint density at radius 3 is 2.21 bits per heavy atom. The summed E-state index contributed by atoms with van der Waals surface area (Å²) in [4.78, 5) is 17.4. The van der Waals surface area contributed by atoms with Crippen LogP contribution in [0, 0.1) is 0 Å². The van der Waals surface area contributed by atoms with Crippen LogP contribution in [-0.2, 0) is 11.3 Å². The van der Waals surface area contributed by atoms with Crippen LogP contribution in [0.3, 0.4) is 0 Å². The lowest BCUT2D eigenvalue weighted by molar-refractivity contribution is 0.0584. The van der Waals surface area contributed by atoms with Crippen LogP contribution < -0.4 is 5.32 Å². The maximum absolute atomic E-state index is 12.7. The molecule has 0 radical (unpaired) electrons. The Bertz CT molecular complexity index is 1260. The Morgan fingerprint density at radius 1 is 0.907 bits per heavy atom. The molecule has 0 unspecified atom stereocenters. The number of rotatable bonds is 15. The Hall–Kier alpha value is -2.77. The van der Waals surface area contributed by atoms with Crippen molar-refractivity contribution in [3.63, 3.8) is 0 Å². The fourth-order valence-electron chi connectivity index (χ4n) is 5.70. The number of amides is 1. The van der Waals surface area contributed by atoms with E-state index < -0.39 is 0 Å². The number of halogens is 2. The third kappa shape index (κ3) is 11.0. The molecule has 3 aromatic carbocycles. The predicted octanol–water partition coefficient (Wildman–Crippen LogP) is 9.24. The van der Waals surface area contributed by atoms with Gasteiger partial charge < -0.3 is 19.6 Å². The molecule has 1 aliphatic rings. The van der Waals surface area contributed by atoms with E-state index in [1.807, 2.05) is 54.6 Å². The number of phenolic OH excluding ortho intramolecular Hbond substituents is 1. The maximum atomic E-state index is 12.7. The fraction of sp³-hybridized carbons (Fsp3) is 0.457. The van der Waals surface area contributed by atoms with Crippen molar-refractivity contribution in [2.45, 2.75) is 70.4 Å². The summed E-state index contributed by atoms with van der Waals surface area (Å²) in [5, 5.41) is 13.3. The topological polar surface area (TPSA) is 65.0 Å². The Balaban J connectivity index is 1.01. The van der Waals surface area contributed by atoms with Crippen molar-refractivity contribution < 1.29 is 14.6 Å². The van der Waals surface area contributed by atoms with Gasteiger partial charge in [-0.1, -0.05) is 104 Å². The average Bonchev–Trinajstić information content (AvgIpc) is 3.00. The highest BCUT2D eigenvalue weighted by Crippen LogP contribution is 2.33. The number of nitrogens with one attached hydrogen (secondary N) is 1. The lowest BCUT2D eigenvalue weighted by Gasteiger charge is -2.31. The summed E-state index contributed by atoms with van der Waals surface area (Å²) in [5.74, 6) is -0.0485. The predicted molar refractivity (Wildman–Crippen MR) is 178 cm³/mol. The molecule has 4 rings (SSSR count). The largest absolute Gasteiger partial charge is 0.505 e. The summed E-state index contributed by atoms with van der Waals surface area (Å²) < 4.78 is 5.78. The van der Waals surface area contributed by atoms with E-state index in [1.165, 1.54) is 44.9 Å². The molecule has 0 aromatic heterocycles. The molecule has 0 saturated carbocycles. The number of hydrogen-bond acceptors (Lipinski definition) is 5. The number of piperidine rings is 1. The van der Waals surface area contributed by atoms with Gasteiger partial charge in [-0.2, -0.15) is 0 Å². The second-order valence-electron chi connectivity index (χ2n) is 11.6. The number of phenols is 1. The van der Waals surface area contributed by atoms with Gasteiger partial charge in [0.05, 0.1) is 15.7 Å². The summed E-state index contributed by atoms with van der Waals surface area (Å²) in [6.07, 6.45) is 10.1. The van der Waals surface area contributed by atoms with Crippen molar-refractivity contribution in [3.8, 4) is 16.9 Å². The Labute approximate surface area is 266 Å². The van der Waals surface area contributed by atoms with Crippen molar-refractivity contribution in [2.24, 2.45) is 0 Å². The minimum Gasteiger partial charge on any atom is -0.505 e. The first-order valence-electron chi connectivity index (χ1n) is 15.6. The van der Waals surface area contributed by atoms with Crippen LogP contribution in [-0.4, -0.2) is 60.3 Å². The number of para-hydroxylation sites is 1. The number of hydrogen-bond donors (Lipinski definition) is 2. The normalized spacial score (nSPS) is 14.2. The van der Waals surface area contributed by atoms with Crippen LogP contribution >= 0.6 is 23.2 Å². The van der Waals surface area contributed by atoms with E-state index in [9.17, 15) is 9.90 Å². The number of carbonyl (C=O) groups excluding carboxylic acids is 1. The van der Waals surface area contributed by atoms with E-state index in [4.69, 9.17) is 27.9 Å². The molecule has 1 heterocycles. The highest BCUT2D eigenvalue weighted by molar-refractivity contribution is 6.37. The lowest BCUT2D eigenvalue weighted by atomic mass is 10.0. The molecular formula is C35H45Cl2N3O3. The van der Waals surface area contributed by atoms with Gasteiger partial charge in [-0.15, -0.1) is 0 Å². The summed E-state index contributed by atoms with van der Waals surface area (Å²) in [5.41, 5.74) is 3.83. The smallest absolute Gasteiger partial charge is 0.411 e. The van der Waals surface area contributed by atoms with Gasteiger partial charge in [0, 0.05) is 25.2 Å². The molecule has 1 aliphatic heterocycles. The first kappa shape index (κ1) is 33.1. The summed E-state index contributed by atoms with van der Waals surface area (Å²) in [7, 11) is 2.10. The maximum Gasteiger partial charge on any atom is 0.411 e. The second-order valence-corrected chi connectivity index (χ2v) is 12.4. The number of likely N-dealkylation sites (tertiary alicyclic amines) is 1. The molecule has 1 fully saturated rings. The van der Waals surface area contributed by atoms with Crippen molar-refractivity contribution >= 4 is 35.0 Å². The number of unbranched alkanes of at least 4 members (excludes halogenated alkanes) is 6. The van der Waals surface area contributed by atoms with Gasteiger partial charge in [0.2, 0.25) is 0 Å². The van der Waals surface area contributed by atoms with Gasteiger partial charge in [-0.3, -0.25) is 5.32 Å². The molecule has 1 saturated heterocycles. The minimum absolute atomic E-state index is 0.0316. The number of ether oxygens (including phenoxy) is 1.